The highest BCUT2D eigenvalue weighted by Gasteiger charge is 2.50. The van der Waals surface area contributed by atoms with E-state index in [9.17, 15) is 4.79 Å². The Morgan fingerprint density at radius 1 is 0.733 bits per heavy atom. The van der Waals surface area contributed by atoms with Crippen LogP contribution >= 0.6 is 31.9 Å². The molecule has 30 heavy (non-hydrogen) atoms. The van der Waals surface area contributed by atoms with Crippen molar-refractivity contribution in [2.24, 2.45) is 0 Å². The molecule has 5 aromatic rings. The second-order valence-corrected chi connectivity index (χ2v) is 9.37. The summed E-state index contributed by atoms with van der Waals surface area (Å²) in [4.78, 5) is 20.8. The zero-order valence-electron chi connectivity index (χ0n) is 15.6. The quantitative estimate of drug-likeness (QED) is 0.242. The summed E-state index contributed by atoms with van der Waals surface area (Å²) in [6, 6.07) is 20.0. The van der Waals surface area contributed by atoms with Gasteiger partial charge in [-0.05, 0) is 42.5 Å². The van der Waals surface area contributed by atoms with Crippen molar-refractivity contribution in [1.29, 1.82) is 0 Å². The van der Waals surface area contributed by atoms with Crippen molar-refractivity contribution >= 4 is 65.1 Å². The number of ketones is 1. The molecule has 6 heteroatoms. The molecule has 0 amide bonds. The lowest BCUT2D eigenvalue weighted by atomic mass is 9.79. The largest absolute Gasteiger partial charge is 0.365 e. The number of rotatable bonds is 2. The predicted octanol–water partition coefficient (Wildman–Crippen LogP) is 6.73. The fourth-order valence-corrected chi connectivity index (χ4v) is 5.31. The molecule has 1 atom stereocenters. The van der Waals surface area contributed by atoms with E-state index in [-0.39, 0.29) is 5.78 Å². The third-order valence-corrected chi connectivity index (χ3v) is 6.92. The second-order valence-electron chi connectivity index (χ2n) is 7.53. The normalized spacial score (nSPS) is 18.1. The number of aromatic amines is 2. The van der Waals surface area contributed by atoms with Crippen LogP contribution in [0.3, 0.4) is 0 Å². The minimum Gasteiger partial charge on any atom is -0.365 e. The van der Waals surface area contributed by atoms with Crippen LogP contribution in [0.2, 0.25) is 0 Å². The average Bonchev–Trinajstić information content (AvgIpc) is 3.43. The fourth-order valence-electron chi connectivity index (χ4n) is 4.58. The molecule has 4 nitrogen and oxygen atoms in total. The standard InChI is InChI=1S/C24H15Br2N3O/c25-13-5-7-21-16(9-13)19(12-28-21)24(18-11-27-20-4-2-1-3-15(18)20)23(30)17-10-14(26)6-8-22(17)29-24/h1-12,27-29H. The summed E-state index contributed by atoms with van der Waals surface area (Å²) in [5, 5.41) is 5.63. The number of para-hydroxylation sites is 1. The van der Waals surface area contributed by atoms with E-state index in [1.54, 1.807) is 0 Å². The summed E-state index contributed by atoms with van der Waals surface area (Å²) in [6.45, 7) is 0. The molecule has 3 aromatic carbocycles. The minimum absolute atomic E-state index is 0.0319. The predicted molar refractivity (Wildman–Crippen MR) is 127 cm³/mol. The smallest absolute Gasteiger partial charge is 0.199 e. The number of fused-ring (bicyclic) bond motifs is 3. The molecule has 2 aromatic heterocycles. The van der Waals surface area contributed by atoms with E-state index in [4.69, 9.17) is 0 Å². The maximum atomic E-state index is 14.1. The van der Waals surface area contributed by atoms with Gasteiger partial charge in [0.1, 0.15) is 0 Å². The van der Waals surface area contributed by atoms with Gasteiger partial charge in [-0.3, -0.25) is 4.79 Å². The number of carbonyl (C=O) groups excluding carboxylic acids is 1. The van der Waals surface area contributed by atoms with Gasteiger partial charge in [-0.25, -0.2) is 0 Å². The molecule has 1 aliphatic heterocycles. The van der Waals surface area contributed by atoms with Crippen LogP contribution in [0.4, 0.5) is 5.69 Å². The van der Waals surface area contributed by atoms with Gasteiger partial charge in [0, 0.05) is 65.5 Å². The molecule has 0 bridgehead atoms. The van der Waals surface area contributed by atoms with E-state index in [1.807, 2.05) is 60.9 Å². The number of nitrogens with one attached hydrogen (secondary N) is 3. The van der Waals surface area contributed by atoms with Crippen LogP contribution in [0, 0.1) is 0 Å². The first-order valence-corrected chi connectivity index (χ1v) is 11.1. The number of benzene rings is 3. The molecular weight excluding hydrogens is 506 g/mol. The molecule has 3 N–H and O–H groups in total. The zero-order chi connectivity index (χ0) is 20.5. The molecule has 0 aliphatic carbocycles. The van der Waals surface area contributed by atoms with Gasteiger partial charge in [0.25, 0.3) is 0 Å². The Labute approximate surface area is 188 Å². The molecule has 3 heterocycles. The summed E-state index contributed by atoms with van der Waals surface area (Å²) in [7, 11) is 0. The van der Waals surface area contributed by atoms with Crippen molar-refractivity contribution in [3.63, 3.8) is 0 Å². The van der Waals surface area contributed by atoms with Crippen LogP contribution in [-0.2, 0) is 5.54 Å². The van der Waals surface area contributed by atoms with Gasteiger partial charge in [-0.2, -0.15) is 0 Å². The summed E-state index contributed by atoms with van der Waals surface area (Å²) >= 11 is 7.11. The Hall–Kier alpha value is -2.83. The molecule has 0 spiro atoms. The van der Waals surface area contributed by atoms with Gasteiger partial charge in [-0.1, -0.05) is 50.1 Å². The van der Waals surface area contributed by atoms with E-state index in [1.165, 1.54) is 0 Å². The molecule has 6 rings (SSSR count). The molecule has 1 aliphatic rings. The number of aromatic nitrogens is 2. The van der Waals surface area contributed by atoms with Gasteiger partial charge in [0.05, 0.1) is 0 Å². The van der Waals surface area contributed by atoms with Gasteiger partial charge in [0.15, 0.2) is 11.3 Å². The monoisotopic (exact) mass is 519 g/mol. The first kappa shape index (κ1) is 18.0. The molecule has 0 saturated heterocycles. The van der Waals surface area contributed by atoms with Gasteiger partial charge in [0.2, 0.25) is 0 Å². The Morgan fingerprint density at radius 3 is 2.23 bits per heavy atom. The molecule has 0 saturated carbocycles. The molecule has 0 fully saturated rings. The number of anilines is 1. The van der Waals surface area contributed by atoms with E-state index >= 15 is 0 Å². The maximum Gasteiger partial charge on any atom is 0.199 e. The van der Waals surface area contributed by atoms with E-state index in [0.29, 0.717) is 5.56 Å². The summed E-state index contributed by atoms with van der Waals surface area (Å²) < 4.78 is 1.85. The number of halogens is 2. The first-order valence-electron chi connectivity index (χ1n) is 9.54. The topological polar surface area (TPSA) is 60.7 Å². The van der Waals surface area contributed by atoms with Gasteiger partial charge < -0.3 is 15.3 Å². The number of hydrogen-bond acceptors (Lipinski definition) is 2. The van der Waals surface area contributed by atoms with E-state index in [2.05, 4.69) is 59.3 Å². The van der Waals surface area contributed by atoms with E-state index in [0.717, 1.165) is 47.6 Å². The number of H-pyrrole nitrogens is 2. The summed E-state index contributed by atoms with van der Waals surface area (Å²) in [5.41, 5.74) is 4.27. The Balaban J connectivity index is 1.72. The van der Waals surface area contributed by atoms with Crippen LogP contribution in [0.15, 0.2) is 82.0 Å². The lowest BCUT2D eigenvalue weighted by Crippen LogP contribution is -2.39. The zero-order valence-corrected chi connectivity index (χ0v) is 18.8. The maximum absolute atomic E-state index is 14.1. The lowest BCUT2D eigenvalue weighted by molar-refractivity contribution is 0.0942. The van der Waals surface area contributed by atoms with E-state index < -0.39 is 5.54 Å². The third-order valence-electron chi connectivity index (χ3n) is 5.93. The van der Waals surface area contributed by atoms with Gasteiger partial charge in [-0.15, -0.1) is 0 Å². The summed E-state index contributed by atoms with van der Waals surface area (Å²) in [6.07, 6.45) is 3.90. The molecule has 1 unspecified atom stereocenters. The van der Waals surface area contributed by atoms with Crippen molar-refractivity contribution in [3.05, 3.63) is 98.7 Å². The van der Waals surface area contributed by atoms with Crippen LogP contribution in [0.1, 0.15) is 21.5 Å². The van der Waals surface area contributed by atoms with Gasteiger partial charge >= 0.3 is 0 Å². The Morgan fingerprint density at radius 2 is 1.40 bits per heavy atom. The molecule has 146 valence electrons. The van der Waals surface area contributed by atoms with Crippen LogP contribution in [-0.4, -0.2) is 15.8 Å². The van der Waals surface area contributed by atoms with Crippen LogP contribution < -0.4 is 5.32 Å². The Kier molecular flexibility index (Phi) is 3.80. The van der Waals surface area contributed by atoms with Crippen molar-refractivity contribution in [3.8, 4) is 0 Å². The van der Waals surface area contributed by atoms with Crippen molar-refractivity contribution in [2.75, 3.05) is 5.32 Å². The SMILES string of the molecule is O=C1c2cc(Br)ccc2NC1(c1c[nH]c2ccccc12)c1c[nH]c2ccc(Br)cc12. The van der Waals surface area contributed by atoms with Crippen molar-refractivity contribution in [1.82, 2.24) is 9.97 Å². The molecule has 0 radical (unpaired) electrons. The molecular formula is C24H15Br2N3O. The highest BCUT2D eigenvalue weighted by atomic mass is 79.9. The van der Waals surface area contributed by atoms with Crippen molar-refractivity contribution < 1.29 is 4.79 Å². The Bertz CT molecular complexity index is 1480. The number of hydrogen-bond donors (Lipinski definition) is 3. The van der Waals surface area contributed by atoms with Crippen LogP contribution in [0.5, 0.6) is 0 Å². The minimum atomic E-state index is -1.04. The average molecular weight is 521 g/mol. The number of carbonyl (C=O) groups is 1. The highest BCUT2D eigenvalue weighted by Crippen LogP contribution is 2.48. The lowest BCUT2D eigenvalue weighted by Gasteiger charge is -2.28. The third kappa shape index (κ3) is 2.35. The van der Waals surface area contributed by atoms with Crippen molar-refractivity contribution in [2.45, 2.75) is 5.54 Å². The summed E-state index contributed by atoms with van der Waals surface area (Å²) in [5.74, 6) is 0.0319. The van der Waals surface area contributed by atoms with Crippen LogP contribution in [0.25, 0.3) is 21.8 Å². The first-order chi connectivity index (χ1) is 14.6. The second kappa shape index (κ2) is 6.33. The fraction of sp³-hybridized carbons (Fsp3) is 0.0417. The highest BCUT2D eigenvalue weighted by molar-refractivity contribution is 9.10. The number of Topliss-reactive ketones (excluding diaryl/α,β-unsaturated/α-hetero) is 1.